The molecule has 0 radical (unpaired) electrons. The number of hydrogen-bond acceptors (Lipinski definition) is 5. The summed E-state index contributed by atoms with van der Waals surface area (Å²) in [6.07, 6.45) is -8.23. The number of ether oxygens (including phenoxy) is 4. The van der Waals surface area contributed by atoms with Gasteiger partial charge in [-0.1, -0.05) is 72.8 Å². The number of carbonyl (C=O) groups is 1. The molecule has 242 valence electrons. The lowest BCUT2D eigenvalue weighted by molar-refractivity contribution is -0.175. The third-order valence-corrected chi connectivity index (χ3v) is 7.09. The van der Waals surface area contributed by atoms with Gasteiger partial charge in [0.05, 0.1) is 37.1 Å². The minimum atomic E-state index is -5.01. The van der Waals surface area contributed by atoms with Crippen LogP contribution in [0.4, 0.5) is 31.1 Å². The molecule has 0 spiro atoms. The molecule has 1 amide bonds. The number of amides is 1. The van der Waals surface area contributed by atoms with Crippen molar-refractivity contribution in [2.24, 2.45) is 0 Å². The number of hydrogen-bond donors (Lipinski definition) is 1. The van der Waals surface area contributed by atoms with Crippen molar-refractivity contribution in [3.8, 4) is 0 Å². The van der Waals surface area contributed by atoms with Gasteiger partial charge in [-0.05, 0) is 48.2 Å². The molecule has 1 heterocycles. The van der Waals surface area contributed by atoms with Crippen LogP contribution in [0.3, 0.4) is 0 Å². The minimum Gasteiger partial charge on any atom is -0.445 e. The van der Waals surface area contributed by atoms with Crippen molar-refractivity contribution in [3.63, 3.8) is 0 Å². The topological polar surface area (TPSA) is 66.0 Å². The standard InChI is InChI=1S/C33H33F6NO5/c1-23(25-18-27(32(34,35)36)20-28(19-25)33(37,38)39)45-22-31(26-12-6-3-7-13-26,15-8-14-29-42-16-9-17-43-29)40-30(41)44-21-24-10-4-2-5-11-24/h2-8,10-13,15,18-20,23,29H,9,14,16-17,21-22H2,1H3,(H,40,41)/t23-,31-/m1/s1. The molecular weight excluding hydrogens is 604 g/mol. The molecular formula is C33H33F6NO5. The van der Waals surface area contributed by atoms with Gasteiger partial charge in [0.1, 0.15) is 12.1 Å². The number of nitrogens with one attached hydrogen (secondary N) is 1. The molecule has 1 saturated heterocycles. The van der Waals surface area contributed by atoms with Crippen LogP contribution in [0, 0.1) is 0 Å². The molecule has 0 aliphatic carbocycles. The molecule has 4 rings (SSSR count). The second-order valence-corrected chi connectivity index (χ2v) is 10.5. The number of rotatable bonds is 11. The van der Waals surface area contributed by atoms with Crippen LogP contribution in [-0.2, 0) is 43.4 Å². The molecule has 0 saturated carbocycles. The van der Waals surface area contributed by atoms with Crippen LogP contribution in [0.2, 0.25) is 0 Å². The highest BCUT2D eigenvalue weighted by molar-refractivity contribution is 5.69. The molecule has 45 heavy (non-hydrogen) atoms. The van der Waals surface area contributed by atoms with Crippen molar-refractivity contribution in [1.29, 1.82) is 0 Å². The van der Waals surface area contributed by atoms with Gasteiger partial charge >= 0.3 is 18.4 Å². The third kappa shape index (κ3) is 9.81. The van der Waals surface area contributed by atoms with E-state index in [1.165, 1.54) is 6.92 Å². The SMILES string of the molecule is C[C@@H](OC[C@@](C=CCC1OCCCO1)(NC(=O)OCc1ccccc1)c1ccccc1)c1cc(C(F)(F)F)cc(C(F)(F)F)c1. The summed E-state index contributed by atoms with van der Waals surface area (Å²) in [5.41, 5.74) is -3.43. The molecule has 2 atom stereocenters. The van der Waals surface area contributed by atoms with Gasteiger partial charge < -0.3 is 24.3 Å². The van der Waals surface area contributed by atoms with Crippen molar-refractivity contribution in [2.75, 3.05) is 19.8 Å². The smallest absolute Gasteiger partial charge is 0.416 e. The van der Waals surface area contributed by atoms with Crippen molar-refractivity contribution >= 4 is 6.09 Å². The molecule has 0 unspecified atom stereocenters. The van der Waals surface area contributed by atoms with Crippen LogP contribution in [0.25, 0.3) is 0 Å². The first kappa shape index (κ1) is 34.0. The lowest BCUT2D eigenvalue weighted by Crippen LogP contribution is -2.48. The predicted octanol–water partition coefficient (Wildman–Crippen LogP) is 8.33. The fourth-order valence-electron chi connectivity index (χ4n) is 4.67. The largest absolute Gasteiger partial charge is 0.445 e. The zero-order valence-electron chi connectivity index (χ0n) is 24.4. The van der Waals surface area contributed by atoms with E-state index >= 15 is 0 Å². The van der Waals surface area contributed by atoms with E-state index in [0.29, 0.717) is 37.3 Å². The average molecular weight is 638 g/mol. The van der Waals surface area contributed by atoms with Crippen LogP contribution in [0.1, 0.15) is 53.7 Å². The quantitative estimate of drug-likeness (QED) is 0.169. The summed E-state index contributed by atoms with van der Waals surface area (Å²) in [4.78, 5) is 13.2. The Balaban J connectivity index is 1.65. The fourth-order valence-corrected chi connectivity index (χ4v) is 4.67. The van der Waals surface area contributed by atoms with Gasteiger partial charge in [0, 0.05) is 6.42 Å². The van der Waals surface area contributed by atoms with E-state index in [1.807, 2.05) is 6.07 Å². The molecule has 1 aliphatic heterocycles. The first-order valence-corrected chi connectivity index (χ1v) is 14.2. The zero-order valence-corrected chi connectivity index (χ0v) is 24.4. The summed E-state index contributed by atoms with van der Waals surface area (Å²) in [5.74, 6) is 0. The van der Waals surface area contributed by atoms with Crippen LogP contribution < -0.4 is 5.32 Å². The van der Waals surface area contributed by atoms with E-state index in [9.17, 15) is 31.1 Å². The molecule has 1 N–H and O–H groups in total. The Bertz CT molecular complexity index is 1380. The Morgan fingerprint density at radius 2 is 1.47 bits per heavy atom. The summed E-state index contributed by atoms with van der Waals surface area (Å²) in [6.45, 7) is 1.95. The highest BCUT2D eigenvalue weighted by Gasteiger charge is 2.38. The Labute approximate surface area is 256 Å². The monoisotopic (exact) mass is 637 g/mol. The van der Waals surface area contributed by atoms with Crippen LogP contribution >= 0.6 is 0 Å². The predicted molar refractivity (Wildman–Crippen MR) is 153 cm³/mol. The number of halogens is 6. The second kappa shape index (κ2) is 14.9. The average Bonchev–Trinajstić information content (AvgIpc) is 3.03. The molecule has 3 aromatic carbocycles. The van der Waals surface area contributed by atoms with Crippen molar-refractivity contribution in [3.05, 3.63) is 119 Å². The van der Waals surface area contributed by atoms with Gasteiger partial charge in [-0.2, -0.15) is 26.3 Å². The lowest BCUT2D eigenvalue weighted by atomic mass is 9.89. The second-order valence-electron chi connectivity index (χ2n) is 10.5. The zero-order chi connectivity index (χ0) is 32.5. The minimum absolute atomic E-state index is 0.0489. The Kier molecular flexibility index (Phi) is 11.3. The highest BCUT2D eigenvalue weighted by Crippen LogP contribution is 2.38. The molecule has 1 aliphatic rings. The summed E-state index contributed by atoms with van der Waals surface area (Å²) >= 11 is 0. The van der Waals surface area contributed by atoms with Gasteiger partial charge in [0.2, 0.25) is 0 Å². The molecule has 12 heteroatoms. The third-order valence-electron chi connectivity index (χ3n) is 7.09. The Morgan fingerprint density at radius 1 is 0.889 bits per heavy atom. The maximum absolute atomic E-state index is 13.5. The van der Waals surface area contributed by atoms with E-state index < -0.39 is 47.5 Å². The van der Waals surface area contributed by atoms with Crippen molar-refractivity contribution in [1.82, 2.24) is 5.32 Å². The van der Waals surface area contributed by atoms with Gasteiger partial charge in [0.25, 0.3) is 0 Å². The number of carbonyl (C=O) groups excluding carboxylic acids is 1. The number of alkyl halides is 6. The number of benzene rings is 3. The first-order valence-electron chi connectivity index (χ1n) is 14.2. The molecule has 3 aromatic rings. The molecule has 1 fully saturated rings. The highest BCUT2D eigenvalue weighted by atomic mass is 19.4. The Hall–Kier alpha value is -3.87. The first-order chi connectivity index (χ1) is 21.4. The van der Waals surface area contributed by atoms with E-state index in [-0.39, 0.29) is 24.8 Å². The maximum atomic E-state index is 13.5. The maximum Gasteiger partial charge on any atom is 0.416 e. The van der Waals surface area contributed by atoms with Gasteiger partial charge in [-0.25, -0.2) is 4.79 Å². The molecule has 0 bridgehead atoms. The lowest BCUT2D eigenvalue weighted by Gasteiger charge is -2.33. The normalized spacial score (nSPS) is 16.7. The summed E-state index contributed by atoms with van der Waals surface area (Å²) in [6, 6.07) is 18.8. The molecule has 6 nitrogen and oxygen atoms in total. The summed E-state index contributed by atoms with van der Waals surface area (Å²) in [7, 11) is 0. The van der Waals surface area contributed by atoms with Gasteiger partial charge in [0.15, 0.2) is 6.29 Å². The van der Waals surface area contributed by atoms with E-state index in [2.05, 4.69) is 5.32 Å². The Morgan fingerprint density at radius 3 is 2.04 bits per heavy atom. The summed E-state index contributed by atoms with van der Waals surface area (Å²) in [5, 5.41) is 2.82. The van der Waals surface area contributed by atoms with Crippen LogP contribution in [-0.4, -0.2) is 32.2 Å². The van der Waals surface area contributed by atoms with E-state index in [0.717, 1.165) is 12.0 Å². The van der Waals surface area contributed by atoms with E-state index in [1.54, 1.807) is 66.7 Å². The van der Waals surface area contributed by atoms with Gasteiger partial charge in [-0.3, -0.25) is 0 Å². The number of alkyl carbamates (subject to hydrolysis) is 1. The van der Waals surface area contributed by atoms with Crippen molar-refractivity contribution < 1.29 is 50.1 Å². The van der Waals surface area contributed by atoms with Crippen molar-refractivity contribution in [2.45, 2.75) is 56.7 Å². The van der Waals surface area contributed by atoms with Crippen LogP contribution in [0.15, 0.2) is 91.0 Å². The molecule has 0 aromatic heterocycles. The van der Waals surface area contributed by atoms with Crippen LogP contribution in [0.5, 0.6) is 0 Å². The van der Waals surface area contributed by atoms with Gasteiger partial charge in [-0.15, -0.1) is 0 Å². The fraction of sp³-hybridized carbons (Fsp3) is 0.364. The summed E-state index contributed by atoms with van der Waals surface area (Å²) < 4.78 is 104. The van der Waals surface area contributed by atoms with E-state index in [4.69, 9.17) is 18.9 Å².